The molecule has 0 radical (unpaired) electrons. The van der Waals surface area contributed by atoms with Crippen LogP contribution in [0.2, 0.25) is 0 Å². The highest BCUT2D eigenvalue weighted by molar-refractivity contribution is 4.94. The smallest absolute Gasteiger partial charge is 0.186 e. The second-order valence-electron chi connectivity index (χ2n) is 8.94. The SMILES string of the molecule is CCCCCCCCCCCCCC=C[C@@H](O)[C@@H](N)COC1OC(CO)C(O)C(O)C1O. The van der Waals surface area contributed by atoms with Gasteiger partial charge in [-0.3, -0.25) is 0 Å². The molecule has 0 bridgehead atoms. The fraction of sp³-hybridized carbons (Fsp3) is 0.917. The Morgan fingerprint density at radius 3 is 2.00 bits per heavy atom. The minimum atomic E-state index is -1.50. The first-order chi connectivity index (χ1) is 15.4. The Morgan fingerprint density at radius 2 is 1.44 bits per heavy atom. The van der Waals surface area contributed by atoms with Crippen LogP contribution in [0.15, 0.2) is 12.2 Å². The summed E-state index contributed by atoms with van der Waals surface area (Å²) in [7, 11) is 0. The predicted octanol–water partition coefficient (Wildman–Crippen LogP) is 1.75. The second-order valence-corrected chi connectivity index (χ2v) is 8.94. The number of unbranched alkanes of at least 4 members (excludes halogenated alkanes) is 11. The second kappa shape index (κ2) is 17.8. The molecular weight excluding hydrogens is 414 g/mol. The molecular formula is C24H47NO7. The van der Waals surface area contributed by atoms with E-state index in [-0.39, 0.29) is 6.61 Å². The quantitative estimate of drug-likeness (QED) is 0.134. The lowest BCUT2D eigenvalue weighted by Crippen LogP contribution is -2.59. The molecule has 0 aromatic carbocycles. The van der Waals surface area contributed by atoms with Gasteiger partial charge in [0.15, 0.2) is 6.29 Å². The first kappa shape index (κ1) is 29.5. The Morgan fingerprint density at radius 1 is 0.875 bits per heavy atom. The van der Waals surface area contributed by atoms with Gasteiger partial charge in [-0.2, -0.15) is 0 Å². The van der Waals surface area contributed by atoms with Gasteiger partial charge in [-0.25, -0.2) is 0 Å². The van der Waals surface area contributed by atoms with E-state index in [4.69, 9.17) is 15.2 Å². The lowest BCUT2D eigenvalue weighted by molar-refractivity contribution is -0.302. The highest BCUT2D eigenvalue weighted by atomic mass is 16.7. The van der Waals surface area contributed by atoms with Crippen molar-refractivity contribution >= 4 is 0 Å². The summed E-state index contributed by atoms with van der Waals surface area (Å²) in [5.41, 5.74) is 5.93. The summed E-state index contributed by atoms with van der Waals surface area (Å²) in [6.07, 6.45) is 11.1. The van der Waals surface area contributed by atoms with Crippen LogP contribution in [0.5, 0.6) is 0 Å². The van der Waals surface area contributed by atoms with Crippen LogP contribution in [-0.4, -0.2) is 81.6 Å². The van der Waals surface area contributed by atoms with Crippen molar-refractivity contribution in [1.82, 2.24) is 0 Å². The number of rotatable bonds is 18. The van der Waals surface area contributed by atoms with Crippen LogP contribution in [0.25, 0.3) is 0 Å². The molecule has 5 unspecified atom stereocenters. The van der Waals surface area contributed by atoms with Crippen molar-refractivity contribution in [2.45, 2.75) is 127 Å². The van der Waals surface area contributed by atoms with Gasteiger partial charge < -0.3 is 40.7 Å². The van der Waals surface area contributed by atoms with Crippen molar-refractivity contribution in [2.24, 2.45) is 5.73 Å². The summed E-state index contributed by atoms with van der Waals surface area (Å²) in [6, 6.07) is -0.740. The third-order valence-corrected chi connectivity index (χ3v) is 6.05. The molecule has 190 valence electrons. The van der Waals surface area contributed by atoms with Crippen LogP contribution < -0.4 is 5.73 Å². The molecule has 0 spiro atoms. The molecule has 1 aliphatic heterocycles. The molecule has 1 aliphatic rings. The summed E-state index contributed by atoms with van der Waals surface area (Å²) < 4.78 is 10.6. The molecule has 32 heavy (non-hydrogen) atoms. The highest BCUT2D eigenvalue weighted by Crippen LogP contribution is 2.22. The Labute approximate surface area is 193 Å². The molecule has 8 heteroatoms. The van der Waals surface area contributed by atoms with Gasteiger partial charge in [0.25, 0.3) is 0 Å². The number of allylic oxidation sites excluding steroid dienone is 1. The predicted molar refractivity (Wildman–Crippen MR) is 124 cm³/mol. The Bertz CT molecular complexity index is 477. The van der Waals surface area contributed by atoms with Crippen molar-refractivity contribution in [1.29, 1.82) is 0 Å². The summed E-state index contributed by atoms with van der Waals surface area (Å²) in [5.74, 6) is 0. The van der Waals surface area contributed by atoms with Crippen LogP contribution in [0.4, 0.5) is 0 Å². The van der Waals surface area contributed by atoms with Crippen LogP contribution >= 0.6 is 0 Å². The van der Waals surface area contributed by atoms with E-state index in [0.717, 1.165) is 12.8 Å². The van der Waals surface area contributed by atoms with E-state index < -0.39 is 49.5 Å². The lowest BCUT2D eigenvalue weighted by atomic mass is 9.99. The van der Waals surface area contributed by atoms with Gasteiger partial charge in [-0.05, 0) is 12.8 Å². The number of hydrogen-bond acceptors (Lipinski definition) is 8. The van der Waals surface area contributed by atoms with E-state index >= 15 is 0 Å². The molecule has 1 saturated heterocycles. The van der Waals surface area contributed by atoms with Crippen molar-refractivity contribution in [3.63, 3.8) is 0 Å². The van der Waals surface area contributed by atoms with Gasteiger partial charge in [-0.1, -0.05) is 83.3 Å². The van der Waals surface area contributed by atoms with Crippen LogP contribution in [0.3, 0.4) is 0 Å². The summed E-state index contributed by atoms with van der Waals surface area (Å²) in [6.45, 7) is 1.60. The zero-order chi connectivity index (χ0) is 23.8. The van der Waals surface area contributed by atoms with Gasteiger partial charge in [-0.15, -0.1) is 0 Å². The largest absolute Gasteiger partial charge is 0.394 e. The normalized spacial score (nSPS) is 28.3. The lowest BCUT2D eigenvalue weighted by Gasteiger charge is -2.39. The topological polar surface area (TPSA) is 146 Å². The minimum Gasteiger partial charge on any atom is -0.394 e. The number of nitrogens with two attached hydrogens (primary N) is 1. The van der Waals surface area contributed by atoms with Gasteiger partial charge >= 0.3 is 0 Å². The molecule has 0 aromatic heterocycles. The number of ether oxygens (including phenoxy) is 2. The molecule has 0 aromatic rings. The zero-order valence-electron chi connectivity index (χ0n) is 19.7. The Hall–Kier alpha value is -0.580. The fourth-order valence-corrected chi connectivity index (χ4v) is 3.81. The van der Waals surface area contributed by atoms with Gasteiger partial charge in [0.2, 0.25) is 0 Å². The highest BCUT2D eigenvalue weighted by Gasteiger charge is 2.44. The minimum absolute atomic E-state index is 0.118. The van der Waals surface area contributed by atoms with E-state index in [2.05, 4.69) is 6.92 Å². The maximum Gasteiger partial charge on any atom is 0.186 e. The van der Waals surface area contributed by atoms with Crippen LogP contribution in [-0.2, 0) is 9.47 Å². The summed E-state index contributed by atoms with van der Waals surface area (Å²) in [5, 5.41) is 48.8. The van der Waals surface area contributed by atoms with E-state index in [1.165, 1.54) is 64.2 Å². The fourth-order valence-electron chi connectivity index (χ4n) is 3.81. The zero-order valence-corrected chi connectivity index (χ0v) is 19.7. The Kier molecular flexibility index (Phi) is 16.4. The molecule has 7 atom stereocenters. The third kappa shape index (κ3) is 11.5. The summed E-state index contributed by atoms with van der Waals surface area (Å²) in [4.78, 5) is 0. The first-order valence-corrected chi connectivity index (χ1v) is 12.4. The number of hydrogen-bond donors (Lipinski definition) is 6. The average molecular weight is 462 g/mol. The number of aliphatic hydroxyl groups is 5. The molecule has 1 heterocycles. The van der Waals surface area contributed by atoms with Crippen molar-refractivity contribution in [3.05, 3.63) is 12.2 Å². The molecule has 8 nitrogen and oxygen atoms in total. The molecule has 0 saturated carbocycles. The molecule has 7 N–H and O–H groups in total. The Balaban J connectivity index is 2.10. The first-order valence-electron chi connectivity index (χ1n) is 12.4. The van der Waals surface area contributed by atoms with Crippen LogP contribution in [0.1, 0.15) is 84.0 Å². The van der Waals surface area contributed by atoms with Gasteiger partial charge in [0.05, 0.1) is 25.4 Å². The van der Waals surface area contributed by atoms with Crippen molar-refractivity contribution < 1.29 is 35.0 Å². The molecule has 1 fully saturated rings. The average Bonchev–Trinajstić information content (AvgIpc) is 2.79. The molecule has 0 amide bonds. The van der Waals surface area contributed by atoms with Crippen LogP contribution in [0, 0.1) is 0 Å². The summed E-state index contributed by atoms with van der Waals surface area (Å²) >= 11 is 0. The monoisotopic (exact) mass is 461 g/mol. The van der Waals surface area contributed by atoms with E-state index in [0.29, 0.717) is 0 Å². The van der Waals surface area contributed by atoms with Gasteiger partial charge in [0, 0.05) is 0 Å². The van der Waals surface area contributed by atoms with E-state index in [1.807, 2.05) is 6.08 Å². The maximum absolute atomic E-state index is 10.2. The standard InChI is InChI=1S/C24H47NO7/c1-2-3-4-5-6-7-8-9-10-11-12-13-14-15-19(27)18(25)17-31-24-23(30)22(29)21(28)20(16-26)32-24/h14-15,18-24,26-30H,2-13,16-17,25H2,1H3/t18-,19+,20?,21?,22?,23?,24?/m0/s1. The third-order valence-electron chi connectivity index (χ3n) is 6.05. The maximum atomic E-state index is 10.2. The molecule has 0 aliphatic carbocycles. The number of aliphatic hydroxyl groups excluding tert-OH is 5. The van der Waals surface area contributed by atoms with Gasteiger partial charge in [0.1, 0.15) is 24.4 Å². The van der Waals surface area contributed by atoms with E-state index in [1.54, 1.807) is 6.08 Å². The van der Waals surface area contributed by atoms with Crippen molar-refractivity contribution in [2.75, 3.05) is 13.2 Å². The van der Waals surface area contributed by atoms with Crippen molar-refractivity contribution in [3.8, 4) is 0 Å². The van der Waals surface area contributed by atoms with E-state index in [9.17, 15) is 25.5 Å². The molecule has 1 rings (SSSR count).